The Morgan fingerprint density at radius 3 is 2.26 bits per heavy atom. The predicted octanol–water partition coefficient (Wildman–Crippen LogP) is 3.12. The molecule has 3 rings (SSSR count). The molecule has 0 aliphatic heterocycles. The third kappa shape index (κ3) is 6.38. The molecular weight excluding hydrogens is 476 g/mol. The van der Waals surface area contributed by atoms with Crippen LogP contribution >= 0.6 is 0 Å². The number of aromatic nitrogens is 2. The molecule has 12 heteroatoms. The van der Waals surface area contributed by atoms with Crippen molar-refractivity contribution in [3.63, 3.8) is 0 Å². The fourth-order valence-electron chi connectivity index (χ4n) is 2.88. The SMILES string of the molecule is COc1ccc(C(=O)/C=C/Nc2ccc(S(=O)(=O)Nc3cc(OC)nc(OC)n3)cc2)c(OC)c1. The van der Waals surface area contributed by atoms with Crippen molar-refractivity contribution < 1.29 is 32.2 Å². The molecule has 1 aromatic heterocycles. The van der Waals surface area contributed by atoms with Gasteiger partial charge in [-0.3, -0.25) is 9.52 Å². The van der Waals surface area contributed by atoms with Gasteiger partial charge in [-0.2, -0.15) is 9.97 Å². The third-order valence-corrected chi connectivity index (χ3v) is 6.01. The average molecular weight is 501 g/mol. The topological polar surface area (TPSA) is 138 Å². The van der Waals surface area contributed by atoms with E-state index in [1.807, 2.05) is 0 Å². The first-order valence-corrected chi connectivity index (χ1v) is 11.6. The van der Waals surface area contributed by atoms with E-state index in [-0.39, 0.29) is 28.4 Å². The lowest BCUT2D eigenvalue weighted by Crippen LogP contribution is -2.14. The van der Waals surface area contributed by atoms with Crippen LogP contribution in [0.2, 0.25) is 0 Å². The van der Waals surface area contributed by atoms with Crippen LogP contribution in [0.1, 0.15) is 10.4 Å². The summed E-state index contributed by atoms with van der Waals surface area (Å²) in [6, 6.07) is 12.1. The summed E-state index contributed by atoms with van der Waals surface area (Å²) in [5.74, 6) is 0.813. The Bertz CT molecular complexity index is 1300. The molecule has 0 unspecified atom stereocenters. The van der Waals surface area contributed by atoms with Crippen LogP contribution in [-0.2, 0) is 10.0 Å². The number of rotatable bonds is 11. The Morgan fingerprint density at radius 1 is 0.886 bits per heavy atom. The number of hydrogen-bond donors (Lipinski definition) is 2. The van der Waals surface area contributed by atoms with Gasteiger partial charge < -0.3 is 24.3 Å². The lowest BCUT2D eigenvalue weighted by molar-refractivity contribution is 0.104. The molecule has 0 aliphatic rings. The van der Waals surface area contributed by atoms with E-state index in [9.17, 15) is 13.2 Å². The third-order valence-electron chi connectivity index (χ3n) is 4.64. The monoisotopic (exact) mass is 500 g/mol. The van der Waals surface area contributed by atoms with Crippen LogP contribution in [0.15, 0.2) is 65.7 Å². The van der Waals surface area contributed by atoms with Gasteiger partial charge in [-0.05, 0) is 36.4 Å². The van der Waals surface area contributed by atoms with E-state index < -0.39 is 10.0 Å². The number of allylic oxidation sites excluding steroid dienone is 1. The number of ketones is 1. The minimum Gasteiger partial charge on any atom is -0.497 e. The Hall–Kier alpha value is -4.32. The first-order chi connectivity index (χ1) is 16.8. The first kappa shape index (κ1) is 25.3. The van der Waals surface area contributed by atoms with Gasteiger partial charge in [0, 0.05) is 30.1 Å². The highest BCUT2D eigenvalue weighted by Crippen LogP contribution is 2.25. The summed E-state index contributed by atoms with van der Waals surface area (Å²) >= 11 is 0. The summed E-state index contributed by atoms with van der Waals surface area (Å²) < 4.78 is 48.2. The summed E-state index contributed by atoms with van der Waals surface area (Å²) in [7, 11) is 1.80. The standard InChI is InChI=1S/C23H24N4O7S/c1-31-16-7-10-18(20(13-16)32-2)19(28)11-12-24-15-5-8-17(9-6-15)35(29,30)27-21-14-22(33-3)26-23(25-21)34-4/h5-14,24H,1-4H3,(H,25,26,27)/b12-11+. The number of sulfonamides is 1. The molecule has 3 aromatic rings. The molecule has 0 aliphatic carbocycles. The van der Waals surface area contributed by atoms with Crippen LogP contribution in [0.3, 0.4) is 0 Å². The molecule has 0 bridgehead atoms. The quantitative estimate of drug-likeness (QED) is 0.298. The maximum atomic E-state index is 12.7. The molecule has 11 nitrogen and oxygen atoms in total. The molecule has 35 heavy (non-hydrogen) atoms. The molecule has 1 heterocycles. The zero-order valence-corrected chi connectivity index (χ0v) is 20.3. The van der Waals surface area contributed by atoms with Crippen molar-refractivity contribution in [1.29, 1.82) is 0 Å². The number of benzene rings is 2. The summed E-state index contributed by atoms with van der Waals surface area (Å²) in [6.07, 6.45) is 2.79. The molecule has 2 N–H and O–H groups in total. The van der Waals surface area contributed by atoms with Crippen LogP contribution in [0.4, 0.5) is 11.5 Å². The molecular formula is C23H24N4O7S. The van der Waals surface area contributed by atoms with Crippen LogP contribution in [0, 0.1) is 0 Å². The highest BCUT2D eigenvalue weighted by Gasteiger charge is 2.17. The molecule has 2 aromatic carbocycles. The number of methoxy groups -OCH3 is 4. The van der Waals surface area contributed by atoms with Crippen LogP contribution < -0.4 is 29.0 Å². The van der Waals surface area contributed by atoms with Gasteiger partial charge in [-0.15, -0.1) is 0 Å². The van der Waals surface area contributed by atoms with E-state index in [0.717, 1.165) is 0 Å². The van der Waals surface area contributed by atoms with Crippen LogP contribution in [-0.4, -0.2) is 52.6 Å². The van der Waals surface area contributed by atoms with E-state index in [1.54, 1.807) is 30.3 Å². The van der Waals surface area contributed by atoms with E-state index >= 15 is 0 Å². The van der Waals surface area contributed by atoms with E-state index in [0.29, 0.717) is 22.7 Å². The van der Waals surface area contributed by atoms with Crippen molar-refractivity contribution >= 4 is 27.3 Å². The van der Waals surface area contributed by atoms with E-state index in [4.69, 9.17) is 18.9 Å². The zero-order valence-electron chi connectivity index (χ0n) is 19.4. The van der Waals surface area contributed by atoms with Gasteiger partial charge >= 0.3 is 6.01 Å². The minimum atomic E-state index is -3.94. The molecule has 0 saturated carbocycles. The van der Waals surface area contributed by atoms with E-state index in [1.165, 1.54) is 58.9 Å². The molecule has 0 saturated heterocycles. The molecule has 0 atom stereocenters. The van der Waals surface area contributed by atoms with Gasteiger partial charge in [0.1, 0.15) is 11.5 Å². The van der Waals surface area contributed by atoms with Crippen molar-refractivity contribution in [1.82, 2.24) is 9.97 Å². The highest BCUT2D eigenvalue weighted by atomic mass is 32.2. The fourth-order valence-corrected chi connectivity index (χ4v) is 3.88. The predicted molar refractivity (Wildman–Crippen MR) is 129 cm³/mol. The highest BCUT2D eigenvalue weighted by molar-refractivity contribution is 7.92. The lowest BCUT2D eigenvalue weighted by atomic mass is 10.1. The minimum absolute atomic E-state index is 0.00243. The van der Waals surface area contributed by atoms with Gasteiger partial charge in [0.15, 0.2) is 11.6 Å². The van der Waals surface area contributed by atoms with Crippen LogP contribution in [0.25, 0.3) is 0 Å². The van der Waals surface area contributed by atoms with Crippen LogP contribution in [0.5, 0.6) is 23.4 Å². The molecule has 0 spiro atoms. The second-order valence-electron chi connectivity index (χ2n) is 6.82. The first-order valence-electron chi connectivity index (χ1n) is 10.1. The number of carbonyl (C=O) groups excluding carboxylic acids is 1. The number of nitrogens with zero attached hydrogens (tertiary/aromatic N) is 2. The number of nitrogens with one attached hydrogen (secondary N) is 2. The van der Waals surface area contributed by atoms with Gasteiger partial charge in [-0.25, -0.2) is 8.42 Å². The van der Waals surface area contributed by atoms with Crippen molar-refractivity contribution in [2.45, 2.75) is 4.90 Å². The number of hydrogen-bond acceptors (Lipinski definition) is 10. The normalized spacial score (nSPS) is 11.1. The summed E-state index contributed by atoms with van der Waals surface area (Å²) in [5.41, 5.74) is 0.942. The molecule has 0 amide bonds. The van der Waals surface area contributed by atoms with E-state index in [2.05, 4.69) is 20.0 Å². The van der Waals surface area contributed by atoms with Crippen molar-refractivity contribution in [2.24, 2.45) is 0 Å². The summed E-state index contributed by atoms with van der Waals surface area (Å²) in [6.45, 7) is 0. The van der Waals surface area contributed by atoms with Crippen molar-refractivity contribution in [2.75, 3.05) is 38.5 Å². The van der Waals surface area contributed by atoms with Gasteiger partial charge in [0.05, 0.1) is 38.9 Å². The smallest absolute Gasteiger partial charge is 0.321 e. The van der Waals surface area contributed by atoms with Gasteiger partial charge in [-0.1, -0.05) is 0 Å². The Balaban J connectivity index is 1.68. The number of anilines is 2. The Labute approximate surface area is 202 Å². The van der Waals surface area contributed by atoms with Gasteiger partial charge in [0.2, 0.25) is 5.88 Å². The molecule has 0 radical (unpaired) electrons. The Morgan fingerprint density at radius 2 is 1.63 bits per heavy atom. The second-order valence-corrected chi connectivity index (χ2v) is 8.50. The molecule has 184 valence electrons. The zero-order chi connectivity index (χ0) is 25.4. The molecule has 0 fully saturated rings. The maximum absolute atomic E-state index is 12.7. The number of carbonyl (C=O) groups is 1. The Kier molecular flexibility index (Phi) is 8.10. The number of ether oxygens (including phenoxy) is 4. The fraction of sp³-hybridized carbons (Fsp3) is 0.174. The summed E-state index contributed by atoms with van der Waals surface area (Å²) in [5, 5.41) is 2.93. The summed E-state index contributed by atoms with van der Waals surface area (Å²) in [4.78, 5) is 20.4. The van der Waals surface area contributed by atoms with Crippen molar-refractivity contribution in [3.8, 4) is 23.4 Å². The van der Waals surface area contributed by atoms with Crippen molar-refractivity contribution in [3.05, 3.63) is 66.4 Å². The largest absolute Gasteiger partial charge is 0.497 e. The second kappa shape index (κ2) is 11.2. The maximum Gasteiger partial charge on any atom is 0.321 e. The average Bonchev–Trinajstić information content (AvgIpc) is 2.87. The lowest BCUT2D eigenvalue weighted by Gasteiger charge is -2.10. The van der Waals surface area contributed by atoms with Gasteiger partial charge in [0.25, 0.3) is 10.0 Å².